The maximum atomic E-state index is 12.4. The normalized spacial score (nSPS) is 16.3. The summed E-state index contributed by atoms with van der Waals surface area (Å²) in [6, 6.07) is 5.45. The van der Waals surface area contributed by atoms with E-state index in [0.29, 0.717) is 30.2 Å². The van der Waals surface area contributed by atoms with E-state index in [1.54, 1.807) is 32.4 Å². The van der Waals surface area contributed by atoms with Crippen molar-refractivity contribution in [3.05, 3.63) is 23.8 Å². The standard InChI is InChI=1S/C14H20N2O3/c1-18-12-4-3-10(9-13(12)19-2)14(17)16-7-5-11(15)6-8-16/h3-4,9,11H,5-8,15H2,1-2H3. The van der Waals surface area contributed by atoms with Gasteiger partial charge in [0.05, 0.1) is 14.2 Å². The van der Waals surface area contributed by atoms with Crippen molar-refractivity contribution in [2.24, 2.45) is 5.73 Å². The number of carbonyl (C=O) groups is 1. The average Bonchev–Trinajstić information content (AvgIpc) is 2.46. The summed E-state index contributed by atoms with van der Waals surface area (Å²) in [5, 5.41) is 0. The van der Waals surface area contributed by atoms with Crippen molar-refractivity contribution >= 4 is 5.91 Å². The number of hydrogen-bond donors (Lipinski definition) is 1. The minimum atomic E-state index is 0.0212. The number of amides is 1. The molecule has 0 saturated carbocycles. The van der Waals surface area contributed by atoms with E-state index in [9.17, 15) is 4.79 Å². The Balaban J connectivity index is 2.15. The van der Waals surface area contributed by atoms with Crippen LogP contribution in [-0.4, -0.2) is 44.2 Å². The second-order valence-corrected chi connectivity index (χ2v) is 4.70. The van der Waals surface area contributed by atoms with Gasteiger partial charge in [-0.25, -0.2) is 0 Å². The summed E-state index contributed by atoms with van der Waals surface area (Å²) < 4.78 is 10.4. The number of carbonyl (C=O) groups excluding carboxylic acids is 1. The fourth-order valence-electron chi connectivity index (χ4n) is 2.25. The Morgan fingerprint density at radius 2 is 1.84 bits per heavy atom. The van der Waals surface area contributed by atoms with Crippen LogP contribution >= 0.6 is 0 Å². The van der Waals surface area contributed by atoms with Crippen molar-refractivity contribution in [1.82, 2.24) is 4.90 Å². The highest BCUT2D eigenvalue weighted by atomic mass is 16.5. The molecule has 1 heterocycles. The zero-order valence-electron chi connectivity index (χ0n) is 11.4. The first-order valence-corrected chi connectivity index (χ1v) is 6.42. The summed E-state index contributed by atoms with van der Waals surface area (Å²) in [6.07, 6.45) is 1.72. The molecule has 2 N–H and O–H groups in total. The van der Waals surface area contributed by atoms with Gasteiger partial charge in [0.25, 0.3) is 5.91 Å². The van der Waals surface area contributed by atoms with Crippen LogP contribution in [0.1, 0.15) is 23.2 Å². The lowest BCUT2D eigenvalue weighted by molar-refractivity contribution is 0.0714. The molecule has 1 aromatic rings. The lowest BCUT2D eigenvalue weighted by atomic mass is 10.0. The number of hydrogen-bond acceptors (Lipinski definition) is 4. The molecule has 0 aliphatic carbocycles. The highest BCUT2D eigenvalue weighted by Gasteiger charge is 2.22. The molecule has 0 aromatic heterocycles. The Morgan fingerprint density at radius 3 is 2.42 bits per heavy atom. The van der Waals surface area contributed by atoms with Crippen LogP contribution in [0.15, 0.2) is 18.2 Å². The van der Waals surface area contributed by atoms with E-state index in [-0.39, 0.29) is 11.9 Å². The summed E-state index contributed by atoms with van der Waals surface area (Å²) in [5.41, 5.74) is 6.46. The molecule has 0 bridgehead atoms. The molecule has 19 heavy (non-hydrogen) atoms. The number of ether oxygens (including phenoxy) is 2. The van der Waals surface area contributed by atoms with Gasteiger partial charge in [-0.15, -0.1) is 0 Å². The molecule has 5 nitrogen and oxygen atoms in total. The van der Waals surface area contributed by atoms with Gasteiger partial charge in [-0.3, -0.25) is 4.79 Å². The zero-order chi connectivity index (χ0) is 13.8. The van der Waals surface area contributed by atoms with Gasteiger partial charge in [0.2, 0.25) is 0 Å². The van der Waals surface area contributed by atoms with E-state index in [1.807, 2.05) is 4.90 Å². The van der Waals surface area contributed by atoms with Crippen molar-refractivity contribution in [3.63, 3.8) is 0 Å². The summed E-state index contributed by atoms with van der Waals surface area (Å²) in [7, 11) is 3.14. The first kappa shape index (κ1) is 13.7. The number of nitrogens with zero attached hydrogens (tertiary/aromatic N) is 1. The summed E-state index contributed by atoms with van der Waals surface area (Å²) >= 11 is 0. The Morgan fingerprint density at radius 1 is 1.21 bits per heavy atom. The molecule has 1 aromatic carbocycles. The van der Waals surface area contributed by atoms with Crippen molar-refractivity contribution in [2.45, 2.75) is 18.9 Å². The van der Waals surface area contributed by atoms with Gasteiger partial charge in [0.15, 0.2) is 11.5 Å². The van der Waals surface area contributed by atoms with Crippen LogP contribution in [0.25, 0.3) is 0 Å². The molecule has 0 radical (unpaired) electrons. The molecule has 2 rings (SSSR count). The Kier molecular flexibility index (Phi) is 4.27. The lowest BCUT2D eigenvalue weighted by Crippen LogP contribution is -2.42. The van der Waals surface area contributed by atoms with Gasteiger partial charge in [0, 0.05) is 24.7 Å². The van der Waals surface area contributed by atoms with Gasteiger partial charge in [-0.1, -0.05) is 0 Å². The molecular weight excluding hydrogens is 244 g/mol. The maximum Gasteiger partial charge on any atom is 0.253 e. The molecule has 1 fully saturated rings. The molecule has 1 aliphatic rings. The molecule has 0 unspecified atom stereocenters. The molecular formula is C14H20N2O3. The van der Waals surface area contributed by atoms with Crippen molar-refractivity contribution < 1.29 is 14.3 Å². The van der Waals surface area contributed by atoms with Crippen molar-refractivity contribution in [2.75, 3.05) is 27.3 Å². The smallest absolute Gasteiger partial charge is 0.253 e. The molecule has 104 valence electrons. The van der Waals surface area contributed by atoms with Crippen LogP contribution in [0.3, 0.4) is 0 Å². The quantitative estimate of drug-likeness (QED) is 0.893. The third-order valence-corrected chi connectivity index (χ3v) is 3.46. The molecule has 1 aliphatic heterocycles. The largest absolute Gasteiger partial charge is 0.493 e. The lowest BCUT2D eigenvalue weighted by Gasteiger charge is -2.30. The van der Waals surface area contributed by atoms with E-state index >= 15 is 0 Å². The Labute approximate surface area is 113 Å². The molecule has 5 heteroatoms. The number of methoxy groups -OCH3 is 2. The fourth-order valence-corrected chi connectivity index (χ4v) is 2.25. The number of piperidine rings is 1. The average molecular weight is 264 g/mol. The van der Waals surface area contributed by atoms with Gasteiger partial charge in [0.1, 0.15) is 0 Å². The van der Waals surface area contributed by atoms with Gasteiger partial charge in [-0.05, 0) is 31.0 Å². The predicted octanol–water partition coefficient (Wildman–Crippen LogP) is 1.27. The minimum Gasteiger partial charge on any atom is -0.493 e. The third kappa shape index (κ3) is 2.98. The van der Waals surface area contributed by atoms with E-state index in [0.717, 1.165) is 12.8 Å². The highest BCUT2D eigenvalue weighted by molar-refractivity contribution is 5.95. The third-order valence-electron chi connectivity index (χ3n) is 3.46. The molecule has 0 spiro atoms. The minimum absolute atomic E-state index is 0.0212. The van der Waals surface area contributed by atoms with E-state index in [2.05, 4.69) is 0 Å². The van der Waals surface area contributed by atoms with E-state index in [1.165, 1.54) is 0 Å². The van der Waals surface area contributed by atoms with Crippen LogP contribution in [0.2, 0.25) is 0 Å². The number of nitrogens with two attached hydrogens (primary N) is 1. The number of likely N-dealkylation sites (tertiary alicyclic amines) is 1. The SMILES string of the molecule is COc1ccc(C(=O)N2CCC(N)CC2)cc1OC. The highest BCUT2D eigenvalue weighted by Crippen LogP contribution is 2.28. The van der Waals surface area contributed by atoms with Crippen LogP contribution in [-0.2, 0) is 0 Å². The van der Waals surface area contributed by atoms with Crippen LogP contribution in [0.5, 0.6) is 11.5 Å². The number of rotatable bonds is 3. The van der Waals surface area contributed by atoms with Crippen molar-refractivity contribution in [3.8, 4) is 11.5 Å². The van der Waals surface area contributed by atoms with Crippen LogP contribution < -0.4 is 15.2 Å². The summed E-state index contributed by atoms with van der Waals surface area (Å²) in [6.45, 7) is 1.43. The second-order valence-electron chi connectivity index (χ2n) is 4.70. The van der Waals surface area contributed by atoms with Crippen LogP contribution in [0, 0.1) is 0 Å². The topological polar surface area (TPSA) is 64.8 Å². The van der Waals surface area contributed by atoms with E-state index in [4.69, 9.17) is 15.2 Å². The zero-order valence-corrected chi connectivity index (χ0v) is 11.4. The number of benzene rings is 1. The first-order chi connectivity index (χ1) is 9.15. The first-order valence-electron chi connectivity index (χ1n) is 6.42. The second kappa shape index (κ2) is 5.93. The Bertz CT molecular complexity index is 454. The fraction of sp³-hybridized carbons (Fsp3) is 0.500. The van der Waals surface area contributed by atoms with Gasteiger partial charge < -0.3 is 20.1 Å². The molecule has 1 amide bonds. The monoisotopic (exact) mass is 264 g/mol. The van der Waals surface area contributed by atoms with Crippen LogP contribution in [0.4, 0.5) is 0 Å². The maximum absolute atomic E-state index is 12.4. The van der Waals surface area contributed by atoms with E-state index < -0.39 is 0 Å². The Hall–Kier alpha value is -1.75. The predicted molar refractivity (Wildman–Crippen MR) is 72.7 cm³/mol. The molecule has 0 atom stereocenters. The molecule has 1 saturated heterocycles. The van der Waals surface area contributed by atoms with Gasteiger partial charge >= 0.3 is 0 Å². The van der Waals surface area contributed by atoms with Gasteiger partial charge in [-0.2, -0.15) is 0 Å². The summed E-state index contributed by atoms with van der Waals surface area (Å²) in [5.74, 6) is 1.22. The summed E-state index contributed by atoms with van der Waals surface area (Å²) in [4.78, 5) is 14.2. The van der Waals surface area contributed by atoms with Crippen molar-refractivity contribution in [1.29, 1.82) is 0 Å².